The number of nitrogens with one attached hydrogen (secondary N) is 1. The van der Waals surface area contributed by atoms with E-state index in [2.05, 4.69) is 21.9 Å². The minimum Gasteiger partial charge on any atom is -0.464 e. The predicted octanol–water partition coefficient (Wildman–Crippen LogP) is 3.05. The van der Waals surface area contributed by atoms with Gasteiger partial charge in [-0.25, -0.2) is 4.79 Å². The second kappa shape index (κ2) is 19.9. The van der Waals surface area contributed by atoms with Gasteiger partial charge < -0.3 is 29.4 Å². The topological polar surface area (TPSA) is 260 Å². The van der Waals surface area contributed by atoms with E-state index in [9.17, 15) is 29.1 Å². The van der Waals surface area contributed by atoms with E-state index in [1.54, 1.807) is 12.2 Å². The number of aliphatic hydroxyl groups is 1. The number of aliphatic hydroxyl groups excluding tert-OH is 1. The summed E-state index contributed by atoms with van der Waals surface area (Å²) in [5, 5.41) is 48.2. The number of unbranched alkanes of at least 4 members (excludes halogenated alkanes) is 3. The van der Waals surface area contributed by atoms with Crippen LogP contribution in [0.25, 0.3) is 0 Å². The van der Waals surface area contributed by atoms with Crippen molar-refractivity contribution in [3.05, 3.63) is 23.8 Å². The molecule has 19 nitrogen and oxygen atoms in total. The molecule has 10 atom stereocenters. The minimum atomic E-state index is -1.53. The summed E-state index contributed by atoms with van der Waals surface area (Å²) >= 11 is 0. The lowest BCUT2D eigenvalue weighted by Gasteiger charge is -2.59. The average molecular weight is 826 g/mol. The highest BCUT2D eigenvalue weighted by Gasteiger charge is 2.76. The zero-order valence-electron chi connectivity index (χ0n) is 33.4. The average Bonchev–Trinajstić information content (AvgIpc) is 3.64. The smallest absolute Gasteiger partial charge is 0.329 e. The number of esters is 2. The first-order valence-corrected chi connectivity index (χ1v) is 20.3. The van der Waals surface area contributed by atoms with Crippen molar-refractivity contribution in [2.45, 2.75) is 134 Å². The number of Topliss-reactive ketones (excluding diaryl/α,β-unsaturated/α-hetero) is 1. The molecule has 5 aliphatic rings. The summed E-state index contributed by atoms with van der Waals surface area (Å²) in [6.45, 7) is 5.07. The zero-order valence-corrected chi connectivity index (χ0v) is 33.4. The lowest BCUT2D eigenvalue weighted by Crippen LogP contribution is -2.63. The van der Waals surface area contributed by atoms with E-state index in [4.69, 9.17) is 39.8 Å². The maximum absolute atomic E-state index is 14.6. The van der Waals surface area contributed by atoms with Crippen molar-refractivity contribution in [2.24, 2.45) is 28.6 Å². The number of hydrogen-bond donors (Lipinski definition) is 6. The molecular formula is C39H59N3O16. The van der Waals surface area contributed by atoms with Crippen molar-refractivity contribution < 1.29 is 78.5 Å². The van der Waals surface area contributed by atoms with Gasteiger partial charge in [-0.3, -0.25) is 49.7 Å². The SMILES string of the molecule is CCCC1O[C@@H]2C[C@H]3[C@@H]4CCC5=CC(=O)C=C[C@]5(C)[C@H]4[C@@H](O)C[C@]3(C)[C@]2(C(=O)COC(=O)CC(NC(=O)CCCCCON(O)O)C(=O)OCCCCON(O)O)O1. The van der Waals surface area contributed by atoms with Gasteiger partial charge in [0.1, 0.15) is 6.04 Å². The molecule has 2 unspecified atom stereocenters. The van der Waals surface area contributed by atoms with Gasteiger partial charge in [-0.15, -0.1) is 0 Å². The molecule has 0 bridgehead atoms. The standard InChI is InChI=1S/C39H59N3O16/c1-4-10-34-57-31-20-27-26-13-12-24-19-25(43)14-15-37(24,2)35(26)29(44)22-38(27,3)39(31,58-34)30(45)23-54-33(47)21-28(36(48)53-16-8-9-18-56-42(51)52)40-32(46)11-6-5-7-17-55-41(49)50/h14-15,19,26-29,31,34-35,44,49-52H,4-13,16-18,20-23H2,1-3H3,(H,40,46)/t26-,27-,28?,29-,31+,34?,35+,37-,38-,39+/m0/s1. The molecule has 1 saturated heterocycles. The molecule has 4 aliphatic carbocycles. The number of ether oxygens (including phenoxy) is 4. The van der Waals surface area contributed by atoms with Crippen LogP contribution in [0.15, 0.2) is 23.8 Å². The van der Waals surface area contributed by atoms with Gasteiger partial charge in [0.25, 0.3) is 0 Å². The monoisotopic (exact) mass is 825 g/mol. The number of ketones is 2. The minimum absolute atomic E-state index is 0.00754. The van der Waals surface area contributed by atoms with Crippen LogP contribution < -0.4 is 5.32 Å². The molecule has 4 fully saturated rings. The molecule has 0 radical (unpaired) electrons. The Morgan fingerprint density at radius 1 is 0.983 bits per heavy atom. The fourth-order valence-electron chi connectivity index (χ4n) is 10.3. The first kappa shape index (κ1) is 45.9. The fraction of sp³-hybridized carbons (Fsp3) is 0.769. The second-order valence-electron chi connectivity index (χ2n) is 16.4. The van der Waals surface area contributed by atoms with Crippen molar-refractivity contribution in [1.82, 2.24) is 16.1 Å². The number of nitrogens with zero attached hydrogens (tertiary/aromatic N) is 2. The van der Waals surface area contributed by atoms with Gasteiger partial charge >= 0.3 is 11.9 Å². The lowest BCUT2D eigenvalue weighted by atomic mass is 9.46. The number of allylic oxidation sites excluding steroid dienone is 4. The third-order valence-electron chi connectivity index (χ3n) is 12.8. The summed E-state index contributed by atoms with van der Waals surface area (Å²) in [7, 11) is 0. The molecule has 19 heteroatoms. The van der Waals surface area contributed by atoms with E-state index in [1.807, 2.05) is 19.9 Å². The van der Waals surface area contributed by atoms with Crippen LogP contribution in [-0.4, -0.2) is 123 Å². The normalized spacial score (nSPS) is 32.9. The fourth-order valence-corrected chi connectivity index (χ4v) is 10.3. The van der Waals surface area contributed by atoms with Crippen LogP contribution in [0.1, 0.15) is 104 Å². The van der Waals surface area contributed by atoms with Gasteiger partial charge in [-0.1, -0.05) is 45.3 Å². The third-order valence-corrected chi connectivity index (χ3v) is 12.8. The van der Waals surface area contributed by atoms with E-state index in [1.165, 1.54) is 0 Å². The van der Waals surface area contributed by atoms with Crippen LogP contribution in [0.4, 0.5) is 0 Å². The Bertz CT molecular complexity index is 1560. The first-order valence-electron chi connectivity index (χ1n) is 20.3. The van der Waals surface area contributed by atoms with Crippen LogP contribution in [-0.2, 0) is 52.6 Å². The van der Waals surface area contributed by atoms with Crippen molar-refractivity contribution in [1.29, 1.82) is 0 Å². The number of rotatable bonds is 22. The van der Waals surface area contributed by atoms with E-state index in [0.717, 1.165) is 18.4 Å². The number of amides is 1. The van der Waals surface area contributed by atoms with E-state index in [-0.39, 0.29) is 69.0 Å². The summed E-state index contributed by atoms with van der Waals surface area (Å²) in [4.78, 5) is 75.1. The third kappa shape index (κ3) is 10.0. The summed E-state index contributed by atoms with van der Waals surface area (Å²) in [5.41, 5.74) is -1.94. The lowest BCUT2D eigenvalue weighted by molar-refractivity contribution is -0.492. The van der Waals surface area contributed by atoms with Gasteiger partial charge in [0.2, 0.25) is 11.7 Å². The largest absolute Gasteiger partial charge is 0.464 e. The highest BCUT2D eigenvalue weighted by atomic mass is 17.1. The predicted molar refractivity (Wildman–Crippen MR) is 195 cm³/mol. The van der Waals surface area contributed by atoms with Crippen molar-refractivity contribution in [3.8, 4) is 0 Å². The first-order chi connectivity index (χ1) is 27.5. The van der Waals surface area contributed by atoms with Gasteiger partial charge in [-0.05, 0) is 81.8 Å². The molecule has 58 heavy (non-hydrogen) atoms. The molecule has 6 N–H and O–H groups in total. The Morgan fingerprint density at radius 3 is 2.36 bits per heavy atom. The number of hydrogen-bond acceptors (Lipinski definition) is 18. The molecule has 1 aliphatic heterocycles. The molecular weight excluding hydrogens is 766 g/mol. The van der Waals surface area contributed by atoms with Crippen molar-refractivity contribution in [3.63, 3.8) is 0 Å². The van der Waals surface area contributed by atoms with E-state index >= 15 is 0 Å². The molecule has 5 rings (SSSR count). The Hall–Kier alpha value is -3.21. The van der Waals surface area contributed by atoms with Crippen LogP contribution in [0.5, 0.6) is 0 Å². The van der Waals surface area contributed by atoms with Crippen molar-refractivity contribution in [2.75, 3.05) is 26.4 Å². The Kier molecular flexibility index (Phi) is 15.7. The number of fused-ring (bicyclic) bond motifs is 7. The molecule has 0 aromatic rings. The van der Waals surface area contributed by atoms with Crippen LogP contribution >= 0.6 is 0 Å². The Morgan fingerprint density at radius 2 is 1.67 bits per heavy atom. The van der Waals surface area contributed by atoms with Gasteiger partial charge in [0, 0.05) is 23.2 Å². The zero-order chi connectivity index (χ0) is 42.3. The van der Waals surface area contributed by atoms with Crippen molar-refractivity contribution >= 4 is 29.4 Å². The molecule has 0 spiro atoms. The molecule has 3 saturated carbocycles. The molecule has 0 aromatic heterocycles. The summed E-state index contributed by atoms with van der Waals surface area (Å²) in [5.74, 6) is -3.31. The maximum atomic E-state index is 14.6. The summed E-state index contributed by atoms with van der Waals surface area (Å²) < 4.78 is 23.9. The Balaban J connectivity index is 1.26. The van der Waals surface area contributed by atoms with Crippen LogP contribution in [0.3, 0.4) is 0 Å². The Labute approximate surface area is 336 Å². The molecule has 1 heterocycles. The molecule has 0 aromatic carbocycles. The highest BCUT2D eigenvalue weighted by Crippen LogP contribution is 2.69. The quantitative estimate of drug-likeness (QED) is 0.0521. The molecule has 1 amide bonds. The highest BCUT2D eigenvalue weighted by molar-refractivity contribution is 6.01. The van der Waals surface area contributed by atoms with Gasteiger partial charge in [0.15, 0.2) is 24.3 Å². The van der Waals surface area contributed by atoms with E-state index in [0.29, 0.717) is 38.5 Å². The number of carbonyl (C=O) groups excluding carboxylic acids is 5. The van der Waals surface area contributed by atoms with Crippen LogP contribution in [0.2, 0.25) is 0 Å². The van der Waals surface area contributed by atoms with Gasteiger partial charge in [-0.2, -0.15) is 0 Å². The second-order valence-corrected chi connectivity index (χ2v) is 16.4. The van der Waals surface area contributed by atoms with Gasteiger partial charge in [0.05, 0.1) is 49.2 Å². The number of carbonyl (C=O) groups is 5. The van der Waals surface area contributed by atoms with Crippen LogP contribution in [0, 0.1) is 28.6 Å². The van der Waals surface area contributed by atoms with E-state index < -0.39 is 88.4 Å². The molecule has 326 valence electrons. The summed E-state index contributed by atoms with van der Waals surface area (Å²) in [6.07, 6.45) is 7.46. The summed E-state index contributed by atoms with van der Waals surface area (Å²) in [6, 6.07) is -1.46. The maximum Gasteiger partial charge on any atom is 0.329 e.